The third-order valence-corrected chi connectivity index (χ3v) is 6.05. The molecule has 2 atom stereocenters. The molecule has 3 rings (SSSR count). The second kappa shape index (κ2) is 6.52. The third-order valence-electron chi connectivity index (χ3n) is 6.05. The SMILES string of the molecule is CCNC(CC1CCCc2ccccc21)C1(C)CCCC1. The molecule has 2 aliphatic rings. The topological polar surface area (TPSA) is 12.0 Å². The average Bonchev–Trinajstić information content (AvgIpc) is 2.95. The van der Waals surface area contributed by atoms with Crippen LogP contribution in [0.1, 0.15) is 75.8 Å². The minimum absolute atomic E-state index is 0.530. The molecular formula is C20H31N. The first kappa shape index (κ1) is 15.1. The molecule has 1 heteroatoms. The summed E-state index contributed by atoms with van der Waals surface area (Å²) in [5.41, 5.74) is 3.79. The van der Waals surface area contributed by atoms with Crippen molar-refractivity contribution in [3.05, 3.63) is 35.4 Å². The van der Waals surface area contributed by atoms with E-state index in [-0.39, 0.29) is 0 Å². The fraction of sp³-hybridized carbons (Fsp3) is 0.700. The Morgan fingerprint density at radius 3 is 2.71 bits per heavy atom. The van der Waals surface area contributed by atoms with Crippen LogP contribution in [0.25, 0.3) is 0 Å². The lowest BCUT2D eigenvalue weighted by Gasteiger charge is -2.38. The van der Waals surface area contributed by atoms with Crippen LogP contribution in [0, 0.1) is 5.41 Å². The quantitative estimate of drug-likeness (QED) is 0.798. The Morgan fingerprint density at radius 2 is 1.95 bits per heavy atom. The molecule has 1 aromatic rings. The maximum atomic E-state index is 3.84. The number of fused-ring (bicyclic) bond motifs is 1. The van der Waals surface area contributed by atoms with E-state index < -0.39 is 0 Å². The van der Waals surface area contributed by atoms with Crippen LogP contribution < -0.4 is 5.32 Å². The summed E-state index contributed by atoms with van der Waals surface area (Å²) in [5.74, 6) is 0.774. The largest absolute Gasteiger partial charge is 0.314 e. The number of hydrogen-bond acceptors (Lipinski definition) is 1. The molecular weight excluding hydrogens is 254 g/mol. The van der Waals surface area contributed by atoms with E-state index in [4.69, 9.17) is 0 Å². The van der Waals surface area contributed by atoms with E-state index in [1.54, 1.807) is 11.1 Å². The molecule has 1 aromatic carbocycles. The van der Waals surface area contributed by atoms with Crippen molar-refractivity contribution in [1.82, 2.24) is 5.32 Å². The van der Waals surface area contributed by atoms with Gasteiger partial charge in [0.15, 0.2) is 0 Å². The van der Waals surface area contributed by atoms with Crippen molar-refractivity contribution in [3.63, 3.8) is 0 Å². The standard InChI is InChI=1S/C20H31N/c1-3-21-19(20(2)13-6-7-14-20)15-17-11-8-10-16-9-4-5-12-18(16)17/h4-5,9,12,17,19,21H,3,6-8,10-11,13-15H2,1-2H3. The van der Waals surface area contributed by atoms with Crippen LogP contribution in [-0.4, -0.2) is 12.6 Å². The van der Waals surface area contributed by atoms with Gasteiger partial charge in [0.1, 0.15) is 0 Å². The van der Waals surface area contributed by atoms with E-state index in [0.29, 0.717) is 11.5 Å². The average molecular weight is 285 g/mol. The van der Waals surface area contributed by atoms with Crippen LogP contribution in [0.4, 0.5) is 0 Å². The van der Waals surface area contributed by atoms with E-state index in [1.165, 1.54) is 51.4 Å². The van der Waals surface area contributed by atoms with Crippen LogP contribution in [0.5, 0.6) is 0 Å². The van der Waals surface area contributed by atoms with Gasteiger partial charge in [-0.25, -0.2) is 0 Å². The van der Waals surface area contributed by atoms with Crippen LogP contribution in [-0.2, 0) is 6.42 Å². The van der Waals surface area contributed by atoms with Crippen LogP contribution in [0.2, 0.25) is 0 Å². The summed E-state index contributed by atoms with van der Waals surface area (Å²) in [6.45, 7) is 5.90. The van der Waals surface area contributed by atoms with E-state index >= 15 is 0 Å². The lowest BCUT2D eigenvalue weighted by molar-refractivity contribution is 0.199. The zero-order valence-corrected chi connectivity index (χ0v) is 13.8. The van der Waals surface area contributed by atoms with E-state index in [0.717, 1.165) is 12.5 Å². The van der Waals surface area contributed by atoms with Crippen molar-refractivity contribution < 1.29 is 0 Å². The van der Waals surface area contributed by atoms with E-state index in [1.807, 2.05) is 0 Å². The lowest BCUT2D eigenvalue weighted by atomic mass is 9.72. The monoisotopic (exact) mass is 285 g/mol. The maximum Gasteiger partial charge on any atom is 0.0127 e. The molecule has 1 saturated carbocycles. The molecule has 2 aliphatic carbocycles. The van der Waals surface area contributed by atoms with Crippen LogP contribution in [0.15, 0.2) is 24.3 Å². The Morgan fingerprint density at radius 1 is 1.19 bits per heavy atom. The summed E-state index contributed by atoms with van der Waals surface area (Å²) in [6.07, 6.45) is 11.1. The van der Waals surface area contributed by atoms with Gasteiger partial charge in [-0.1, -0.05) is 51.0 Å². The third kappa shape index (κ3) is 3.18. The normalized spacial score (nSPS) is 25.5. The van der Waals surface area contributed by atoms with Gasteiger partial charge in [0.2, 0.25) is 0 Å². The van der Waals surface area contributed by atoms with Crippen molar-refractivity contribution in [3.8, 4) is 0 Å². The zero-order chi connectivity index (χ0) is 14.7. The lowest BCUT2D eigenvalue weighted by Crippen LogP contribution is -2.43. The van der Waals surface area contributed by atoms with Gasteiger partial charge in [-0.15, -0.1) is 0 Å². The van der Waals surface area contributed by atoms with Crippen molar-refractivity contribution in [2.75, 3.05) is 6.54 Å². The molecule has 0 amide bonds. The zero-order valence-electron chi connectivity index (χ0n) is 13.8. The molecule has 0 bridgehead atoms. The number of rotatable bonds is 5. The highest BCUT2D eigenvalue weighted by Crippen LogP contribution is 2.45. The highest BCUT2D eigenvalue weighted by atomic mass is 14.9. The smallest absolute Gasteiger partial charge is 0.0127 e. The van der Waals surface area contributed by atoms with Gasteiger partial charge < -0.3 is 5.32 Å². The molecule has 1 nitrogen and oxygen atoms in total. The van der Waals surface area contributed by atoms with E-state index in [9.17, 15) is 0 Å². The molecule has 0 aliphatic heterocycles. The summed E-state index contributed by atoms with van der Waals surface area (Å²) in [7, 11) is 0. The van der Waals surface area contributed by atoms with Gasteiger partial charge in [-0.2, -0.15) is 0 Å². The first-order valence-corrected chi connectivity index (χ1v) is 9.04. The van der Waals surface area contributed by atoms with Crippen molar-refractivity contribution >= 4 is 0 Å². The van der Waals surface area contributed by atoms with Gasteiger partial charge >= 0.3 is 0 Å². The summed E-state index contributed by atoms with van der Waals surface area (Å²) >= 11 is 0. The highest BCUT2D eigenvalue weighted by molar-refractivity contribution is 5.32. The van der Waals surface area contributed by atoms with Gasteiger partial charge in [0.25, 0.3) is 0 Å². The van der Waals surface area contributed by atoms with Crippen LogP contribution >= 0.6 is 0 Å². The first-order chi connectivity index (χ1) is 10.2. The maximum absolute atomic E-state index is 3.84. The molecule has 116 valence electrons. The Kier molecular flexibility index (Phi) is 4.69. The molecule has 21 heavy (non-hydrogen) atoms. The Balaban J connectivity index is 1.77. The summed E-state index contributed by atoms with van der Waals surface area (Å²) in [5, 5.41) is 3.84. The van der Waals surface area contributed by atoms with Crippen molar-refractivity contribution in [2.24, 2.45) is 5.41 Å². The number of nitrogens with one attached hydrogen (secondary N) is 1. The molecule has 0 heterocycles. The second-order valence-corrected chi connectivity index (χ2v) is 7.50. The Hall–Kier alpha value is -0.820. The molecule has 0 aromatic heterocycles. The molecule has 1 N–H and O–H groups in total. The second-order valence-electron chi connectivity index (χ2n) is 7.50. The summed E-state index contributed by atoms with van der Waals surface area (Å²) in [6, 6.07) is 9.87. The van der Waals surface area contributed by atoms with Gasteiger partial charge in [-0.05, 0) is 67.5 Å². The molecule has 2 unspecified atom stereocenters. The molecule has 1 fully saturated rings. The highest BCUT2D eigenvalue weighted by Gasteiger charge is 2.38. The predicted molar refractivity (Wildman–Crippen MR) is 90.8 cm³/mol. The number of aryl methyl sites for hydroxylation is 1. The van der Waals surface area contributed by atoms with Gasteiger partial charge in [-0.3, -0.25) is 0 Å². The fourth-order valence-electron chi connectivity index (χ4n) is 4.78. The predicted octanol–water partition coefficient (Wildman–Crippen LogP) is 5.06. The minimum atomic E-state index is 0.530. The summed E-state index contributed by atoms with van der Waals surface area (Å²) < 4.78 is 0. The Labute approximate surface area is 130 Å². The molecule has 0 saturated heterocycles. The van der Waals surface area contributed by atoms with Crippen LogP contribution in [0.3, 0.4) is 0 Å². The van der Waals surface area contributed by atoms with Gasteiger partial charge in [0, 0.05) is 6.04 Å². The fourth-order valence-corrected chi connectivity index (χ4v) is 4.78. The summed E-state index contributed by atoms with van der Waals surface area (Å²) in [4.78, 5) is 0. The number of hydrogen-bond donors (Lipinski definition) is 1. The molecule has 0 radical (unpaired) electrons. The van der Waals surface area contributed by atoms with Gasteiger partial charge in [0.05, 0.1) is 0 Å². The van der Waals surface area contributed by atoms with E-state index in [2.05, 4.69) is 43.4 Å². The van der Waals surface area contributed by atoms with Crippen molar-refractivity contribution in [1.29, 1.82) is 0 Å². The van der Waals surface area contributed by atoms with Crippen molar-refractivity contribution in [2.45, 2.75) is 77.2 Å². The Bertz CT molecular complexity index is 459. The minimum Gasteiger partial charge on any atom is -0.314 e. The molecule has 0 spiro atoms. The number of benzene rings is 1. The first-order valence-electron chi connectivity index (χ1n) is 9.04.